The van der Waals surface area contributed by atoms with Crippen LogP contribution in [0.5, 0.6) is 0 Å². The molecular weight excluding hydrogens is 298 g/mol. The van der Waals surface area contributed by atoms with Crippen LogP contribution in [0.1, 0.15) is 36.7 Å². The summed E-state index contributed by atoms with van der Waals surface area (Å²) in [6.45, 7) is 3.15. The summed E-state index contributed by atoms with van der Waals surface area (Å²) in [7, 11) is 0. The minimum Gasteiger partial charge on any atom is -0.444 e. The summed E-state index contributed by atoms with van der Waals surface area (Å²) in [6.07, 6.45) is 2.12. The van der Waals surface area contributed by atoms with Gasteiger partial charge in [0.15, 0.2) is 10.4 Å². The standard InChI is InChI=1S/C13H16BrNO3/c1-2-10(16)9-5-7-15(8-6-9)13(17)11-3-4-12(14)18-11/h3-4,9H,2,5-8H2,1H3. The molecule has 5 heteroatoms. The van der Waals surface area contributed by atoms with Crippen molar-refractivity contribution < 1.29 is 14.0 Å². The van der Waals surface area contributed by atoms with Gasteiger partial charge in [0.05, 0.1) is 0 Å². The SMILES string of the molecule is CCC(=O)C1CCN(C(=O)c2ccc(Br)o2)CC1. The predicted octanol–water partition coefficient (Wildman–Crippen LogP) is 2.87. The topological polar surface area (TPSA) is 50.5 Å². The Morgan fingerprint density at radius 1 is 1.39 bits per heavy atom. The predicted molar refractivity (Wildman–Crippen MR) is 70.3 cm³/mol. The van der Waals surface area contributed by atoms with Gasteiger partial charge in [-0.05, 0) is 40.9 Å². The third-order valence-corrected chi connectivity index (χ3v) is 3.80. The van der Waals surface area contributed by atoms with Crippen LogP contribution in [0.15, 0.2) is 21.2 Å². The molecule has 0 atom stereocenters. The summed E-state index contributed by atoms with van der Waals surface area (Å²) in [5.41, 5.74) is 0. The van der Waals surface area contributed by atoms with E-state index in [1.807, 2.05) is 6.92 Å². The molecule has 18 heavy (non-hydrogen) atoms. The number of hydrogen-bond donors (Lipinski definition) is 0. The second-order valence-electron chi connectivity index (χ2n) is 4.49. The van der Waals surface area contributed by atoms with E-state index in [1.54, 1.807) is 17.0 Å². The van der Waals surface area contributed by atoms with E-state index in [0.717, 1.165) is 12.8 Å². The first-order valence-corrected chi connectivity index (χ1v) is 6.98. The fourth-order valence-electron chi connectivity index (χ4n) is 2.28. The van der Waals surface area contributed by atoms with Crippen LogP contribution in [-0.2, 0) is 4.79 Å². The molecule has 0 saturated carbocycles. The van der Waals surface area contributed by atoms with Gasteiger partial charge in [-0.15, -0.1) is 0 Å². The van der Waals surface area contributed by atoms with Crippen LogP contribution >= 0.6 is 15.9 Å². The van der Waals surface area contributed by atoms with Gasteiger partial charge in [0.2, 0.25) is 0 Å². The Morgan fingerprint density at radius 3 is 2.56 bits per heavy atom. The average Bonchev–Trinajstić information content (AvgIpc) is 2.84. The van der Waals surface area contributed by atoms with Crippen molar-refractivity contribution in [2.45, 2.75) is 26.2 Å². The number of carbonyl (C=O) groups excluding carboxylic acids is 2. The number of piperidine rings is 1. The first kappa shape index (κ1) is 13.3. The molecule has 0 aromatic carbocycles. The number of carbonyl (C=O) groups is 2. The lowest BCUT2D eigenvalue weighted by Crippen LogP contribution is -2.40. The van der Waals surface area contributed by atoms with Crippen LogP contribution in [0.2, 0.25) is 0 Å². The molecule has 0 bridgehead atoms. The van der Waals surface area contributed by atoms with Gasteiger partial charge in [-0.3, -0.25) is 9.59 Å². The second kappa shape index (κ2) is 5.69. The van der Waals surface area contributed by atoms with E-state index in [1.165, 1.54) is 0 Å². The highest BCUT2D eigenvalue weighted by Gasteiger charge is 2.27. The Bertz CT molecular complexity index is 447. The first-order chi connectivity index (χ1) is 8.61. The number of rotatable bonds is 3. The Morgan fingerprint density at radius 2 is 2.06 bits per heavy atom. The van der Waals surface area contributed by atoms with Crippen LogP contribution < -0.4 is 0 Å². The van der Waals surface area contributed by atoms with E-state index in [-0.39, 0.29) is 11.8 Å². The summed E-state index contributed by atoms with van der Waals surface area (Å²) in [5, 5.41) is 0. The maximum atomic E-state index is 12.1. The molecule has 1 aliphatic heterocycles. The lowest BCUT2D eigenvalue weighted by atomic mass is 9.91. The molecule has 0 unspecified atom stereocenters. The molecule has 2 rings (SSSR count). The van der Waals surface area contributed by atoms with Crippen LogP contribution in [0.3, 0.4) is 0 Å². The van der Waals surface area contributed by atoms with Gasteiger partial charge in [-0.1, -0.05) is 6.92 Å². The van der Waals surface area contributed by atoms with Crippen LogP contribution in [0, 0.1) is 5.92 Å². The van der Waals surface area contributed by atoms with Crippen molar-refractivity contribution in [1.29, 1.82) is 0 Å². The monoisotopic (exact) mass is 313 g/mol. The van der Waals surface area contributed by atoms with Crippen molar-refractivity contribution >= 4 is 27.6 Å². The maximum Gasteiger partial charge on any atom is 0.289 e. The number of amides is 1. The van der Waals surface area contributed by atoms with Crippen molar-refractivity contribution in [1.82, 2.24) is 4.90 Å². The van der Waals surface area contributed by atoms with Gasteiger partial charge in [-0.25, -0.2) is 0 Å². The number of hydrogen-bond acceptors (Lipinski definition) is 3. The van der Waals surface area contributed by atoms with Crippen molar-refractivity contribution in [3.63, 3.8) is 0 Å². The Hall–Kier alpha value is -1.10. The summed E-state index contributed by atoms with van der Waals surface area (Å²) in [5.74, 6) is 0.690. The van der Waals surface area contributed by atoms with Crippen molar-refractivity contribution in [2.75, 3.05) is 13.1 Å². The Labute approximate surface area is 114 Å². The highest BCUT2D eigenvalue weighted by atomic mass is 79.9. The second-order valence-corrected chi connectivity index (χ2v) is 5.27. The van der Waals surface area contributed by atoms with Crippen molar-refractivity contribution in [3.05, 3.63) is 22.6 Å². The van der Waals surface area contributed by atoms with Crippen molar-refractivity contribution in [2.24, 2.45) is 5.92 Å². The minimum atomic E-state index is -0.0944. The summed E-state index contributed by atoms with van der Waals surface area (Å²) < 4.78 is 5.81. The van der Waals surface area contributed by atoms with E-state index < -0.39 is 0 Å². The lowest BCUT2D eigenvalue weighted by Gasteiger charge is -2.30. The van der Waals surface area contributed by atoms with E-state index >= 15 is 0 Å². The lowest BCUT2D eigenvalue weighted by molar-refractivity contribution is -0.123. The average molecular weight is 314 g/mol. The van der Waals surface area contributed by atoms with Gasteiger partial charge < -0.3 is 9.32 Å². The molecule has 0 spiro atoms. The number of halogens is 1. The normalized spacial score (nSPS) is 16.9. The number of Topliss-reactive ketones (excluding diaryl/α,β-unsaturated/α-hetero) is 1. The molecule has 4 nitrogen and oxygen atoms in total. The molecule has 0 aliphatic carbocycles. The van der Waals surface area contributed by atoms with Crippen LogP contribution in [-0.4, -0.2) is 29.7 Å². The molecule has 2 heterocycles. The Kier molecular flexibility index (Phi) is 4.22. The van der Waals surface area contributed by atoms with E-state index in [9.17, 15) is 9.59 Å². The molecule has 1 aliphatic rings. The molecule has 1 saturated heterocycles. The van der Waals surface area contributed by atoms with Crippen LogP contribution in [0.25, 0.3) is 0 Å². The minimum absolute atomic E-state index is 0.0944. The fraction of sp³-hybridized carbons (Fsp3) is 0.538. The molecule has 98 valence electrons. The van der Waals surface area contributed by atoms with Gasteiger partial charge >= 0.3 is 0 Å². The number of nitrogens with zero attached hydrogens (tertiary/aromatic N) is 1. The van der Waals surface area contributed by atoms with E-state index in [4.69, 9.17) is 4.42 Å². The zero-order valence-corrected chi connectivity index (χ0v) is 11.9. The summed E-state index contributed by atoms with van der Waals surface area (Å²) in [4.78, 5) is 25.4. The third-order valence-electron chi connectivity index (χ3n) is 3.37. The van der Waals surface area contributed by atoms with Gasteiger partial charge in [0, 0.05) is 25.4 Å². The van der Waals surface area contributed by atoms with Crippen LogP contribution in [0.4, 0.5) is 0 Å². The molecule has 1 amide bonds. The fourth-order valence-corrected chi connectivity index (χ4v) is 2.58. The smallest absolute Gasteiger partial charge is 0.289 e. The Balaban J connectivity index is 1.94. The number of ketones is 1. The zero-order chi connectivity index (χ0) is 13.1. The highest BCUT2D eigenvalue weighted by molar-refractivity contribution is 9.10. The third kappa shape index (κ3) is 2.83. The molecule has 1 fully saturated rings. The van der Waals surface area contributed by atoms with E-state index in [0.29, 0.717) is 35.7 Å². The van der Waals surface area contributed by atoms with E-state index in [2.05, 4.69) is 15.9 Å². The van der Waals surface area contributed by atoms with Gasteiger partial charge in [0.25, 0.3) is 5.91 Å². The molecule has 0 radical (unpaired) electrons. The molecular formula is C13H16BrNO3. The molecule has 1 aromatic rings. The number of likely N-dealkylation sites (tertiary alicyclic amines) is 1. The molecule has 1 aromatic heterocycles. The van der Waals surface area contributed by atoms with Crippen molar-refractivity contribution in [3.8, 4) is 0 Å². The quantitative estimate of drug-likeness (QED) is 0.862. The number of furan rings is 1. The largest absolute Gasteiger partial charge is 0.444 e. The van der Waals surface area contributed by atoms with Gasteiger partial charge in [0.1, 0.15) is 5.78 Å². The summed E-state index contributed by atoms with van der Waals surface area (Å²) in [6, 6.07) is 3.37. The first-order valence-electron chi connectivity index (χ1n) is 6.19. The highest BCUT2D eigenvalue weighted by Crippen LogP contribution is 2.22. The maximum absolute atomic E-state index is 12.1. The zero-order valence-electron chi connectivity index (χ0n) is 10.3. The molecule has 0 N–H and O–H groups in total. The summed E-state index contributed by atoms with van der Waals surface area (Å²) >= 11 is 3.18. The van der Waals surface area contributed by atoms with Gasteiger partial charge in [-0.2, -0.15) is 0 Å².